The first kappa shape index (κ1) is 13.5. The van der Waals surface area contributed by atoms with Crippen LogP contribution in [0.25, 0.3) is 10.9 Å². The lowest BCUT2D eigenvalue weighted by molar-refractivity contribution is 0.0947. The van der Waals surface area contributed by atoms with Crippen LogP contribution in [-0.4, -0.2) is 29.1 Å². The third kappa shape index (κ3) is 3.29. The fourth-order valence-electron chi connectivity index (χ4n) is 1.99. The van der Waals surface area contributed by atoms with Crippen LogP contribution >= 0.6 is 0 Å². The molecule has 0 spiro atoms. The summed E-state index contributed by atoms with van der Waals surface area (Å²) in [6.45, 7) is 2.71. The van der Waals surface area contributed by atoms with E-state index >= 15 is 0 Å². The largest absolute Gasteiger partial charge is 0.396 e. The first-order valence-electron chi connectivity index (χ1n) is 6.45. The van der Waals surface area contributed by atoms with E-state index in [1.807, 2.05) is 31.2 Å². The highest BCUT2D eigenvalue weighted by atomic mass is 16.3. The molecule has 1 unspecified atom stereocenters. The number of carbonyl (C=O) groups excluding carboxylic acids is 1. The lowest BCUT2D eigenvalue weighted by atomic mass is 10.1. The van der Waals surface area contributed by atoms with Crippen LogP contribution in [0.3, 0.4) is 0 Å². The fourth-order valence-corrected chi connectivity index (χ4v) is 1.99. The van der Waals surface area contributed by atoms with Gasteiger partial charge in [0.2, 0.25) is 0 Å². The molecule has 1 amide bonds. The third-order valence-electron chi connectivity index (χ3n) is 3.12. The minimum Gasteiger partial charge on any atom is -0.396 e. The molecule has 0 fully saturated rings. The molecule has 0 aliphatic carbocycles. The van der Waals surface area contributed by atoms with Crippen molar-refractivity contribution in [2.75, 3.05) is 13.2 Å². The van der Waals surface area contributed by atoms with Crippen molar-refractivity contribution in [3.63, 3.8) is 0 Å². The van der Waals surface area contributed by atoms with Crippen LogP contribution in [0.15, 0.2) is 36.5 Å². The molecule has 19 heavy (non-hydrogen) atoms. The number of nitrogens with zero attached hydrogens (tertiary/aromatic N) is 1. The molecule has 4 nitrogen and oxygen atoms in total. The Bertz CT molecular complexity index is 564. The zero-order valence-electron chi connectivity index (χ0n) is 11.0. The Kier molecular flexibility index (Phi) is 4.47. The highest BCUT2D eigenvalue weighted by Gasteiger charge is 2.11. The van der Waals surface area contributed by atoms with E-state index in [0.29, 0.717) is 18.5 Å². The molecule has 1 aromatic heterocycles. The number of rotatable bonds is 5. The summed E-state index contributed by atoms with van der Waals surface area (Å²) in [4.78, 5) is 16.4. The van der Waals surface area contributed by atoms with Crippen molar-refractivity contribution in [1.82, 2.24) is 10.3 Å². The molecule has 1 heterocycles. The Morgan fingerprint density at radius 3 is 3.00 bits per heavy atom. The molecule has 0 bridgehead atoms. The zero-order chi connectivity index (χ0) is 13.7. The van der Waals surface area contributed by atoms with E-state index in [-0.39, 0.29) is 18.4 Å². The van der Waals surface area contributed by atoms with Crippen LogP contribution in [0, 0.1) is 5.92 Å². The summed E-state index contributed by atoms with van der Waals surface area (Å²) >= 11 is 0. The van der Waals surface area contributed by atoms with Gasteiger partial charge in [0.05, 0.1) is 5.52 Å². The molecule has 100 valence electrons. The second kappa shape index (κ2) is 6.29. The maximum Gasteiger partial charge on any atom is 0.251 e. The third-order valence-corrected chi connectivity index (χ3v) is 3.12. The quantitative estimate of drug-likeness (QED) is 0.862. The molecule has 0 saturated carbocycles. The van der Waals surface area contributed by atoms with Crippen molar-refractivity contribution >= 4 is 16.8 Å². The molecule has 2 N–H and O–H groups in total. The number of aliphatic hydroxyl groups is 1. The van der Waals surface area contributed by atoms with Crippen molar-refractivity contribution in [3.8, 4) is 0 Å². The van der Waals surface area contributed by atoms with Gasteiger partial charge < -0.3 is 10.4 Å². The van der Waals surface area contributed by atoms with E-state index in [4.69, 9.17) is 5.11 Å². The number of pyridine rings is 1. The Hall–Kier alpha value is -1.94. The molecule has 0 aliphatic heterocycles. The number of hydrogen-bond acceptors (Lipinski definition) is 3. The molecule has 0 saturated heterocycles. The van der Waals surface area contributed by atoms with Gasteiger partial charge in [-0.15, -0.1) is 0 Å². The Balaban J connectivity index is 2.13. The van der Waals surface area contributed by atoms with Crippen molar-refractivity contribution in [3.05, 3.63) is 42.1 Å². The van der Waals surface area contributed by atoms with Gasteiger partial charge in [0.25, 0.3) is 5.91 Å². The number of aliphatic hydroxyl groups excluding tert-OH is 1. The first-order valence-corrected chi connectivity index (χ1v) is 6.45. The molecule has 1 aromatic carbocycles. The summed E-state index contributed by atoms with van der Waals surface area (Å²) in [6.07, 6.45) is 2.41. The molecular weight excluding hydrogens is 240 g/mol. The number of fused-ring (bicyclic) bond motifs is 1. The van der Waals surface area contributed by atoms with E-state index < -0.39 is 0 Å². The highest BCUT2D eigenvalue weighted by molar-refractivity contribution is 6.06. The average Bonchev–Trinajstić information content (AvgIpc) is 2.44. The van der Waals surface area contributed by atoms with Crippen LogP contribution in [-0.2, 0) is 0 Å². The second-order valence-corrected chi connectivity index (χ2v) is 4.70. The summed E-state index contributed by atoms with van der Waals surface area (Å²) < 4.78 is 0. The predicted octanol–water partition coefficient (Wildman–Crippen LogP) is 1.98. The van der Waals surface area contributed by atoms with Crippen LogP contribution in [0.1, 0.15) is 23.7 Å². The van der Waals surface area contributed by atoms with E-state index in [9.17, 15) is 4.79 Å². The lowest BCUT2D eigenvalue weighted by Crippen LogP contribution is -2.28. The van der Waals surface area contributed by atoms with Gasteiger partial charge in [-0.2, -0.15) is 0 Å². The van der Waals surface area contributed by atoms with E-state index in [0.717, 1.165) is 10.9 Å². The van der Waals surface area contributed by atoms with Gasteiger partial charge in [-0.3, -0.25) is 9.78 Å². The highest BCUT2D eigenvalue weighted by Crippen LogP contribution is 2.16. The van der Waals surface area contributed by atoms with Crippen LogP contribution < -0.4 is 5.32 Å². The van der Waals surface area contributed by atoms with E-state index in [1.54, 1.807) is 12.3 Å². The molecular formula is C15H18N2O2. The van der Waals surface area contributed by atoms with Crippen LogP contribution in [0.5, 0.6) is 0 Å². The van der Waals surface area contributed by atoms with E-state index in [1.165, 1.54) is 0 Å². The number of hydrogen-bond donors (Lipinski definition) is 2. The standard InChI is InChI=1S/C15H18N2O2/c1-11(7-9-18)10-17-15(19)13-4-2-6-14-12(13)5-3-8-16-14/h2-6,8,11,18H,7,9-10H2,1H3,(H,17,19). The average molecular weight is 258 g/mol. The number of carbonyl (C=O) groups is 1. The Morgan fingerprint density at radius 1 is 1.37 bits per heavy atom. The number of aromatic nitrogens is 1. The van der Waals surface area contributed by atoms with Crippen LogP contribution in [0.2, 0.25) is 0 Å². The van der Waals surface area contributed by atoms with Gasteiger partial charge in [0.15, 0.2) is 0 Å². The van der Waals surface area contributed by atoms with Gasteiger partial charge in [-0.05, 0) is 30.5 Å². The first-order chi connectivity index (χ1) is 9.22. The summed E-state index contributed by atoms with van der Waals surface area (Å²) in [6, 6.07) is 9.25. The molecule has 0 radical (unpaired) electrons. The summed E-state index contributed by atoms with van der Waals surface area (Å²) in [5, 5.41) is 12.6. The zero-order valence-corrected chi connectivity index (χ0v) is 11.0. The van der Waals surface area contributed by atoms with Gasteiger partial charge in [0, 0.05) is 30.3 Å². The topological polar surface area (TPSA) is 62.2 Å². The van der Waals surface area contributed by atoms with Crippen molar-refractivity contribution in [1.29, 1.82) is 0 Å². The summed E-state index contributed by atoms with van der Waals surface area (Å²) in [5.41, 5.74) is 1.46. The van der Waals surface area contributed by atoms with Crippen LogP contribution in [0.4, 0.5) is 0 Å². The molecule has 1 atom stereocenters. The molecule has 4 heteroatoms. The van der Waals surface area contributed by atoms with Crippen molar-refractivity contribution in [2.24, 2.45) is 5.92 Å². The normalized spacial score (nSPS) is 12.3. The predicted molar refractivity (Wildman–Crippen MR) is 74.9 cm³/mol. The monoisotopic (exact) mass is 258 g/mol. The number of benzene rings is 1. The second-order valence-electron chi connectivity index (χ2n) is 4.70. The summed E-state index contributed by atoms with van der Waals surface area (Å²) in [5.74, 6) is 0.172. The lowest BCUT2D eigenvalue weighted by Gasteiger charge is -2.12. The number of amides is 1. The van der Waals surface area contributed by atoms with Gasteiger partial charge >= 0.3 is 0 Å². The molecule has 2 aromatic rings. The van der Waals surface area contributed by atoms with Gasteiger partial charge in [-0.25, -0.2) is 0 Å². The maximum absolute atomic E-state index is 12.2. The van der Waals surface area contributed by atoms with E-state index in [2.05, 4.69) is 10.3 Å². The number of nitrogens with one attached hydrogen (secondary N) is 1. The minimum absolute atomic E-state index is 0.0941. The SMILES string of the molecule is CC(CCO)CNC(=O)c1cccc2ncccc12. The minimum atomic E-state index is -0.0941. The van der Waals surface area contributed by atoms with Crippen molar-refractivity contribution in [2.45, 2.75) is 13.3 Å². The smallest absolute Gasteiger partial charge is 0.251 e. The summed E-state index contributed by atoms with van der Waals surface area (Å²) in [7, 11) is 0. The molecule has 2 rings (SSSR count). The van der Waals surface area contributed by atoms with Gasteiger partial charge in [-0.1, -0.05) is 19.1 Å². The maximum atomic E-state index is 12.2. The fraction of sp³-hybridized carbons (Fsp3) is 0.333. The Morgan fingerprint density at radius 2 is 2.21 bits per heavy atom. The van der Waals surface area contributed by atoms with Crippen molar-refractivity contribution < 1.29 is 9.90 Å². The Labute approximate surface area is 112 Å². The molecule has 0 aliphatic rings. The van der Waals surface area contributed by atoms with Gasteiger partial charge in [0.1, 0.15) is 0 Å².